The molecule has 0 saturated heterocycles. The molecular weight excluding hydrogens is 304 g/mol. The number of nitrogens with zero attached hydrogens (tertiary/aromatic N) is 1. The highest BCUT2D eigenvalue weighted by Gasteiger charge is 2.36. The van der Waals surface area contributed by atoms with Gasteiger partial charge in [0.05, 0.1) is 4.92 Å². The van der Waals surface area contributed by atoms with Gasteiger partial charge in [-0.3, -0.25) is 14.9 Å². The van der Waals surface area contributed by atoms with Gasteiger partial charge in [0.1, 0.15) is 5.56 Å². The first-order valence-corrected chi connectivity index (χ1v) is 8.20. The molecule has 3 rings (SSSR count). The van der Waals surface area contributed by atoms with Crippen molar-refractivity contribution in [1.82, 2.24) is 5.32 Å². The van der Waals surface area contributed by atoms with Gasteiger partial charge in [0.2, 0.25) is 0 Å². The second-order valence-corrected chi connectivity index (χ2v) is 6.31. The number of hydrogen-bond donors (Lipinski definition) is 1. The van der Waals surface area contributed by atoms with Crippen LogP contribution in [0, 0.1) is 10.1 Å². The van der Waals surface area contributed by atoms with Crippen molar-refractivity contribution < 1.29 is 9.72 Å². The van der Waals surface area contributed by atoms with Crippen molar-refractivity contribution in [3.05, 3.63) is 75.8 Å². The Morgan fingerprint density at radius 2 is 1.67 bits per heavy atom. The molecule has 0 atom stereocenters. The molecule has 1 aliphatic rings. The topological polar surface area (TPSA) is 72.2 Å². The van der Waals surface area contributed by atoms with E-state index in [-0.39, 0.29) is 22.6 Å². The predicted molar refractivity (Wildman–Crippen MR) is 92.0 cm³/mol. The molecule has 0 radical (unpaired) electrons. The second-order valence-electron chi connectivity index (χ2n) is 6.31. The molecule has 5 heteroatoms. The average Bonchev–Trinajstić information content (AvgIpc) is 3.10. The number of nitro groups is 1. The van der Waals surface area contributed by atoms with Crippen LogP contribution < -0.4 is 5.32 Å². The summed E-state index contributed by atoms with van der Waals surface area (Å²) in [6, 6.07) is 16.3. The summed E-state index contributed by atoms with van der Waals surface area (Å²) >= 11 is 0. The van der Waals surface area contributed by atoms with Crippen molar-refractivity contribution >= 4 is 11.6 Å². The zero-order valence-corrected chi connectivity index (χ0v) is 13.4. The molecule has 1 N–H and O–H groups in total. The lowest BCUT2D eigenvalue weighted by Gasteiger charge is -2.30. The van der Waals surface area contributed by atoms with E-state index in [9.17, 15) is 14.9 Å². The number of amides is 1. The predicted octanol–water partition coefficient (Wildman–Crippen LogP) is 3.84. The summed E-state index contributed by atoms with van der Waals surface area (Å²) in [6.45, 7) is 0.502. The fraction of sp³-hybridized carbons (Fsp3) is 0.316. The number of nitrogens with one attached hydrogen (secondary N) is 1. The number of para-hydroxylation sites is 1. The van der Waals surface area contributed by atoms with Gasteiger partial charge in [-0.25, -0.2) is 0 Å². The first-order chi connectivity index (χ1) is 11.6. The third-order valence-electron chi connectivity index (χ3n) is 4.88. The van der Waals surface area contributed by atoms with Gasteiger partial charge in [0.15, 0.2) is 0 Å². The van der Waals surface area contributed by atoms with Crippen molar-refractivity contribution in [2.45, 2.75) is 31.1 Å². The van der Waals surface area contributed by atoms with Crippen molar-refractivity contribution in [3.63, 3.8) is 0 Å². The molecule has 0 unspecified atom stereocenters. The zero-order chi connectivity index (χ0) is 17.0. The third kappa shape index (κ3) is 3.15. The van der Waals surface area contributed by atoms with E-state index >= 15 is 0 Å². The lowest BCUT2D eigenvalue weighted by atomic mass is 9.79. The van der Waals surface area contributed by atoms with Crippen molar-refractivity contribution in [2.24, 2.45) is 0 Å². The molecule has 24 heavy (non-hydrogen) atoms. The first kappa shape index (κ1) is 16.2. The van der Waals surface area contributed by atoms with E-state index in [1.165, 1.54) is 17.7 Å². The number of carbonyl (C=O) groups is 1. The Bertz CT molecular complexity index is 737. The fourth-order valence-electron chi connectivity index (χ4n) is 3.58. The number of nitro benzene ring substituents is 1. The van der Waals surface area contributed by atoms with E-state index in [2.05, 4.69) is 17.4 Å². The molecule has 0 spiro atoms. The number of hydrogen-bond acceptors (Lipinski definition) is 3. The van der Waals surface area contributed by atoms with E-state index in [4.69, 9.17) is 0 Å². The van der Waals surface area contributed by atoms with Crippen LogP contribution in [-0.2, 0) is 5.41 Å². The molecule has 0 aromatic heterocycles. The van der Waals surface area contributed by atoms with Crippen LogP contribution in [0.3, 0.4) is 0 Å². The second kappa shape index (κ2) is 6.83. The summed E-state index contributed by atoms with van der Waals surface area (Å²) in [7, 11) is 0. The fourth-order valence-corrected chi connectivity index (χ4v) is 3.58. The van der Waals surface area contributed by atoms with Crippen LogP contribution in [0.1, 0.15) is 41.6 Å². The van der Waals surface area contributed by atoms with Gasteiger partial charge in [0.25, 0.3) is 11.6 Å². The monoisotopic (exact) mass is 324 g/mol. The van der Waals surface area contributed by atoms with Gasteiger partial charge in [-0.05, 0) is 24.5 Å². The molecular formula is C19H20N2O3. The van der Waals surface area contributed by atoms with Gasteiger partial charge >= 0.3 is 0 Å². The maximum atomic E-state index is 12.5. The first-order valence-electron chi connectivity index (χ1n) is 8.20. The van der Waals surface area contributed by atoms with Crippen molar-refractivity contribution in [2.75, 3.05) is 6.54 Å². The minimum absolute atomic E-state index is 0.0690. The Balaban J connectivity index is 1.79. The third-order valence-corrected chi connectivity index (χ3v) is 4.88. The van der Waals surface area contributed by atoms with Gasteiger partial charge in [-0.15, -0.1) is 0 Å². The average molecular weight is 324 g/mol. The molecule has 1 saturated carbocycles. The summed E-state index contributed by atoms with van der Waals surface area (Å²) in [5, 5.41) is 14.0. The number of carbonyl (C=O) groups excluding carboxylic acids is 1. The van der Waals surface area contributed by atoms with Crippen molar-refractivity contribution in [1.29, 1.82) is 0 Å². The Labute approximate surface area is 140 Å². The minimum Gasteiger partial charge on any atom is -0.351 e. The Kier molecular flexibility index (Phi) is 4.60. The van der Waals surface area contributed by atoms with Crippen LogP contribution in [0.25, 0.3) is 0 Å². The molecule has 2 aromatic rings. The SMILES string of the molecule is O=C(NCC1(c2ccccc2)CCCC1)c1ccccc1[N+](=O)[O-]. The summed E-state index contributed by atoms with van der Waals surface area (Å²) in [5.41, 5.74) is 1.12. The van der Waals surface area contributed by atoms with E-state index in [0.29, 0.717) is 6.54 Å². The smallest absolute Gasteiger partial charge is 0.282 e. The Morgan fingerprint density at radius 3 is 2.33 bits per heavy atom. The van der Waals surface area contributed by atoms with Crippen LogP contribution in [-0.4, -0.2) is 17.4 Å². The molecule has 2 aromatic carbocycles. The number of rotatable bonds is 5. The molecule has 0 bridgehead atoms. The van der Waals surface area contributed by atoms with Crippen molar-refractivity contribution in [3.8, 4) is 0 Å². The standard InChI is InChI=1S/C19H20N2O3/c22-18(16-10-4-5-11-17(16)21(23)24)20-14-19(12-6-7-13-19)15-8-2-1-3-9-15/h1-5,8-11H,6-7,12-14H2,(H,20,22). The molecule has 0 aliphatic heterocycles. The normalized spacial score (nSPS) is 15.8. The lowest BCUT2D eigenvalue weighted by molar-refractivity contribution is -0.385. The summed E-state index contributed by atoms with van der Waals surface area (Å²) < 4.78 is 0. The maximum absolute atomic E-state index is 12.5. The molecule has 1 aliphatic carbocycles. The highest BCUT2D eigenvalue weighted by molar-refractivity contribution is 5.98. The van der Waals surface area contributed by atoms with Crippen LogP contribution in [0.15, 0.2) is 54.6 Å². The van der Waals surface area contributed by atoms with E-state index in [0.717, 1.165) is 25.7 Å². The lowest BCUT2D eigenvalue weighted by Crippen LogP contribution is -2.39. The zero-order valence-electron chi connectivity index (χ0n) is 13.4. The van der Waals surface area contributed by atoms with Crippen LogP contribution >= 0.6 is 0 Å². The number of benzene rings is 2. The molecule has 0 heterocycles. The van der Waals surface area contributed by atoms with Crippen LogP contribution in [0.5, 0.6) is 0 Å². The van der Waals surface area contributed by atoms with Crippen LogP contribution in [0.4, 0.5) is 5.69 Å². The molecule has 5 nitrogen and oxygen atoms in total. The van der Waals surface area contributed by atoms with E-state index in [1.807, 2.05) is 18.2 Å². The van der Waals surface area contributed by atoms with Gasteiger partial charge in [-0.2, -0.15) is 0 Å². The van der Waals surface area contributed by atoms with Gasteiger partial charge < -0.3 is 5.32 Å². The molecule has 1 fully saturated rings. The highest BCUT2D eigenvalue weighted by Crippen LogP contribution is 2.40. The van der Waals surface area contributed by atoms with E-state index < -0.39 is 4.92 Å². The summed E-state index contributed by atoms with van der Waals surface area (Å²) in [4.78, 5) is 23.1. The van der Waals surface area contributed by atoms with E-state index in [1.54, 1.807) is 12.1 Å². The summed E-state index contributed by atoms with van der Waals surface area (Å²) in [5.74, 6) is -0.385. The van der Waals surface area contributed by atoms with Gasteiger partial charge in [-0.1, -0.05) is 55.3 Å². The Hall–Kier alpha value is -2.69. The quantitative estimate of drug-likeness (QED) is 0.671. The minimum atomic E-state index is -0.516. The van der Waals surface area contributed by atoms with Gasteiger partial charge in [0, 0.05) is 18.0 Å². The Morgan fingerprint density at radius 1 is 1.04 bits per heavy atom. The summed E-state index contributed by atoms with van der Waals surface area (Å²) in [6.07, 6.45) is 4.31. The largest absolute Gasteiger partial charge is 0.351 e. The highest BCUT2D eigenvalue weighted by atomic mass is 16.6. The maximum Gasteiger partial charge on any atom is 0.282 e. The molecule has 1 amide bonds. The molecule has 124 valence electrons. The van der Waals surface area contributed by atoms with Crippen LogP contribution in [0.2, 0.25) is 0 Å².